The number of sulfonamides is 1. The van der Waals surface area contributed by atoms with Crippen molar-refractivity contribution in [1.29, 1.82) is 5.26 Å². The molecule has 1 rings (SSSR count). The maximum atomic E-state index is 13.4. The fourth-order valence-electron chi connectivity index (χ4n) is 1.43. The van der Waals surface area contributed by atoms with Crippen molar-refractivity contribution in [2.45, 2.75) is 11.3 Å². The van der Waals surface area contributed by atoms with E-state index in [-0.39, 0.29) is 11.4 Å². The van der Waals surface area contributed by atoms with E-state index >= 15 is 0 Å². The quantitative estimate of drug-likeness (QED) is 0.852. The smallest absolute Gasteiger partial charge is 0.244 e. The van der Waals surface area contributed by atoms with Gasteiger partial charge >= 0.3 is 0 Å². The van der Waals surface area contributed by atoms with E-state index in [9.17, 15) is 12.8 Å². The predicted octanol–water partition coefficient (Wildman–Crippen LogP) is 0.667. The Labute approximate surface area is 106 Å². The van der Waals surface area contributed by atoms with Gasteiger partial charge < -0.3 is 5.73 Å². The van der Waals surface area contributed by atoms with Crippen molar-refractivity contribution in [3.8, 4) is 6.07 Å². The molecule has 0 aliphatic heterocycles. The van der Waals surface area contributed by atoms with E-state index < -0.39 is 21.4 Å². The number of halogens is 1. The van der Waals surface area contributed by atoms with E-state index in [1.165, 1.54) is 19.2 Å². The fourth-order valence-corrected chi connectivity index (χ4v) is 2.79. The molecule has 0 fully saturated rings. The van der Waals surface area contributed by atoms with Gasteiger partial charge in [-0.15, -0.1) is 0 Å². The number of benzene rings is 1. The number of nitrogens with two attached hydrogens (primary N) is 1. The summed E-state index contributed by atoms with van der Waals surface area (Å²) in [6.07, 6.45) is 0.493. The van der Waals surface area contributed by atoms with Crippen LogP contribution in [-0.2, 0) is 10.0 Å². The van der Waals surface area contributed by atoms with Crippen molar-refractivity contribution in [2.24, 2.45) is 5.73 Å². The maximum Gasteiger partial charge on any atom is 0.244 e. The van der Waals surface area contributed by atoms with Crippen molar-refractivity contribution in [2.75, 3.05) is 20.1 Å². The van der Waals surface area contributed by atoms with Gasteiger partial charge in [0.1, 0.15) is 22.3 Å². The lowest BCUT2D eigenvalue weighted by Crippen LogP contribution is -2.29. The Balaban J connectivity index is 3.21. The number of nitriles is 1. The second-order valence-corrected chi connectivity index (χ2v) is 5.71. The number of hydrogen-bond donors (Lipinski definition) is 1. The van der Waals surface area contributed by atoms with Gasteiger partial charge in [0.25, 0.3) is 0 Å². The summed E-state index contributed by atoms with van der Waals surface area (Å²) < 4.78 is 38.7. The van der Waals surface area contributed by atoms with E-state index in [0.29, 0.717) is 13.0 Å². The van der Waals surface area contributed by atoms with Gasteiger partial charge in [0, 0.05) is 13.6 Å². The molecule has 0 amide bonds. The Hall–Kier alpha value is -1.49. The lowest BCUT2D eigenvalue weighted by Gasteiger charge is -2.17. The minimum absolute atomic E-state index is 0.222. The Morgan fingerprint density at radius 1 is 1.50 bits per heavy atom. The zero-order chi connectivity index (χ0) is 13.8. The Morgan fingerprint density at radius 2 is 2.17 bits per heavy atom. The van der Waals surface area contributed by atoms with Crippen LogP contribution in [0.2, 0.25) is 0 Å². The van der Waals surface area contributed by atoms with Crippen LogP contribution in [0.3, 0.4) is 0 Å². The van der Waals surface area contributed by atoms with E-state index in [0.717, 1.165) is 10.4 Å². The maximum absolute atomic E-state index is 13.4. The largest absolute Gasteiger partial charge is 0.330 e. The first-order valence-corrected chi connectivity index (χ1v) is 6.74. The molecule has 0 saturated heterocycles. The summed E-state index contributed by atoms with van der Waals surface area (Å²) in [5, 5.41) is 8.83. The third kappa shape index (κ3) is 2.85. The van der Waals surface area contributed by atoms with Crippen LogP contribution < -0.4 is 5.73 Å². The molecule has 1 aromatic carbocycles. The minimum atomic E-state index is -3.86. The fraction of sp³-hybridized carbons (Fsp3) is 0.364. The highest BCUT2D eigenvalue weighted by Crippen LogP contribution is 2.21. The molecule has 7 heteroatoms. The molecular weight excluding hydrogens is 257 g/mol. The van der Waals surface area contributed by atoms with Crippen LogP contribution in [0.5, 0.6) is 0 Å². The van der Waals surface area contributed by atoms with Gasteiger partial charge in [-0.2, -0.15) is 5.26 Å². The molecule has 0 unspecified atom stereocenters. The van der Waals surface area contributed by atoms with Crippen LogP contribution in [0.25, 0.3) is 0 Å². The summed E-state index contributed by atoms with van der Waals surface area (Å²) in [4.78, 5) is -0.315. The van der Waals surface area contributed by atoms with Gasteiger partial charge in [-0.1, -0.05) is 6.07 Å². The van der Waals surface area contributed by atoms with Crippen molar-refractivity contribution in [3.05, 3.63) is 29.6 Å². The molecule has 2 N–H and O–H groups in total. The Morgan fingerprint density at radius 3 is 2.72 bits per heavy atom. The molecule has 0 atom stereocenters. The van der Waals surface area contributed by atoms with Crippen LogP contribution in [0.15, 0.2) is 23.1 Å². The third-order valence-electron chi connectivity index (χ3n) is 2.45. The Kier molecular flexibility index (Phi) is 4.78. The normalized spacial score (nSPS) is 11.5. The lowest BCUT2D eigenvalue weighted by molar-refractivity contribution is 0.462. The molecule has 0 aromatic heterocycles. The summed E-state index contributed by atoms with van der Waals surface area (Å²) in [6, 6.07) is 5.11. The van der Waals surface area contributed by atoms with E-state index in [2.05, 4.69) is 0 Å². The summed E-state index contributed by atoms with van der Waals surface area (Å²) >= 11 is 0. The van der Waals surface area contributed by atoms with Crippen LogP contribution in [0.1, 0.15) is 12.0 Å². The van der Waals surface area contributed by atoms with E-state index in [1.807, 2.05) is 0 Å². The van der Waals surface area contributed by atoms with Gasteiger partial charge in [-0.25, -0.2) is 17.1 Å². The van der Waals surface area contributed by atoms with Gasteiger partial charge in [0.2, 0.25) is 10.0 Å². The Bertz CT molecular complexity index is 566. The zero-order valence-electron chi connectivity index (χ0n) is 9.93. The average Bonchev–Trinajstić information content (AvgIpc) is 2.35. The number of hydrogen-bond acceptors (Lipinski definition) is 4. The van der Waals surface area contributed by atoms with Gasteiger partial charge in [-0.3, -0.25) is 0 Å². The van der Waals surface area contributed by atoms with Crippen LogP contribution in [0, 0.1) is 17.1 Å². The number of nitrogens with zero attached hydrogens (tertiary/aromatic N) is 2. The first-order valence-electron chi connectivity index (χ1n) is 5.30. The third-order valence-corrected chi connectivity index (χ3v) is 4.35. The summed E-state index contributed by atoms with van der Waals surface area (Å²) in [5.41, 5.74) is 4.84. The molecular formula is C11H14FN3O2S. The van der Waals surface area contributed by atoms with Gasteiger partial charge in [-0.05, 0) is 25.1 Å². The monoisotopic (exact) mass is 271 g/mol. The summed E-state index contributed by atoms with van der Waals surface area (Å²) in [6.45, 7) is 0.578. The van der Waals surface area contributed by atoms with Crippen LogP contribution >= 0.6 is 0 Å². The molecule has 0 spiro atoms. The molecule has 0 bridgehead atoms. The minimum Gasteiger partial charge on any atom is -0.330 e. The molecule has 0 heterocycles. The molecule has 1 aromatic rings. The van der Waals surface area contributed by atoms with Crippen LogP contribution in [0.4, 0.5) is 4.39 Å². The molecule has 0 radical (unpaired) electrons. The average molecular weight is 271 g/mol. The highest BCUT2D eigenvalue weighted by molar-refractivity contribution is 7.89. The highest BCUT2D eigenvalue weighted by atomic mass is 32.2. The molecule has 0 aliphatic rings. The molecule has 0 aliphatic carbocycles. The molecule has 18 heavy (non-hydrogen) atoms. The molecule has 0 saturated carbocycles. The topological polar surface area (TPSA) is 87.2 Å². The number of rotatable bonds is 5. The highest BCUT2D eigenvalue weighted by Gasteiger charge is 2.25. The van der Waals surface area contributed by atoms with E-state index in [4.69, 9.17) is 11.0 Å². The van der Waals surface area contributed by atoms with Crippen molar-refractivity contribution < 1.29 is 12.8 Å². The lowest BCUT2D eigenvalue weighted by atomic mass is 10.2. The van der Waals surface area contributed by atoms with Gasteiger partial charge in [0.05, 0.1) is 0 Å². The SMILES string of the molecule is CN(CCCN)S(=O)(=O)c1cccc(F)c1C#N. The second-order valence-electron chi connectivity index (χ2n) is 3.69. The summed E-state index contributed by atoms with van der Waals surface area (Å²) in [5.74, 6) is -0.842. The molecule has 5 nitrogen and oxygen atoms in total. The van der Waals surface area contributed by atoms with Gasteiger partial charge in [0.15, 0.2) is 0 Å². The first kappa shape index (κ1) is 14.6. The van der Waals surface area contributed by atoms with E-state index in [1.54, 1.807) is 6.07 Å². The van der Waals surface area contributed by atoms with Crippen molar-refractivity contribution in [3.63, 3.8) is 0 Å². The van der Waals surface area contributed by atoms with Crippen molar-refractivity contribution >= 4 is 10.0 Å². The first-order chi connectivity index (χ1) is 8.45. The molecule has 98 valence electrons. The second kappa shape index (κ2) is 5.91. The summed E-state index contributed by atoms with van der Waals surface area (Å²) in [7, 11) is -2.49. The van der Waals surface area contributed by atoms with Crippen LogP contribution in [-0.4, -0.2) is 32.9 Å². The van der Waals surface area contributed by atoms with Crippen molar-refractivity contribution in [1.82, 2.24) is 4.31 Å². The standard InChI is InChI=1S/C11H14FN3O2S/c1-15(7-3-6-13)18(16,17)11-5-2-4-10(12)9(11)8-14/h2,4-5H,3,6-7,13H2,1H3. The zero-order valence-corrected chi connectivity index (χ0v) is 10.7. The predicted molar refractivity (Wildman–Crippen MR) is 64.6 cm³/mol.